The van der Waals surface area contributed by atoms with Crippen LogP contribution in [-0.2, 0) is 9.59 Å². The van der Waals surface area contributed by atoms with Crippen molar-refractivity contribution in [1.29, 1.82) is 0 Å². The number of nitrogens with two attached hydrogens (primary N) is 2. The first-order chi connectivity index (χ1) is 14.8. The molecule has 1 aromatic heterocycles. The van der Waals surface area contributed by atoms with E-state index in [2.05, 4.69) is 20.6 Å². The van der Waals surface area contributed by atoms with E-state index in [0.717, 1.165) is 23.1 Å². The number of ketones is 1. The highest BCUT2D eigenvalue weighted by atomic mass is 32.1. The average Bonchev–Trinajstić information content (AvgIpc) is 3.35. The fraction of sp³-hybridized carbons (Fsp3) is 0.476. The van der Waals surface area contributed by atoms with Crippen molar-refractivity contribution in [2.75, 3.05) is 6.54 Å². The normalized spacial score (nSPS) is 19.0. The third kappa shape index (κ3) is 6.00. The molecule has 3 rings (SSSR count). The molecule has 6 N–H and O–H groups in total. The molecule has 0 saturated heterocycles. The minimum atomic E-state index is -0.735. The van der Waals surface area contributed by atoms with Crippen molar-refractivity contribution in [3.63, 3.8) is 0 Å². The smallest absolute Gasteiger partial charge is 0.225 e. The lowest BCUT2D eigenvalue weighted by Gasteiger charge is -2.23. The summed E-state index contributed by atoms with van der Waals surface area (Å²) in [6, 6.07) is 6.58. The van der Waals surface area contributed by atoms with Crippen molar-refractivity contribution in [2.45, 2.75) is 51.1 Å². The molecule has 9 nitrogen and oxygen atoms in total. The lowest BCUT2D eigenvalue weighted by atomic mass is 10.00. The molecule has 0 spiro atoms. The van der Waals surface area contributed by atoms with Gasteiger partial charge in [-0.2, -0.15) is 0 Å². The summed E-state index contributed by atoms with van der Waals surface area (Å²) in [7, 11) is 0. The third-order valence-electron chi connectivity index (χ3n) is 5.32. The third-order valence-corrected chi connectivity index (χ3v) is 6.38. The van der Waals surface area contributed by atoms with E-state index in [1.807, 2.05) is 24.3 Å². The van der Waals surface area contributed by atoms with Crippen molar-refractivity contribution in [3.05, 3.63) is 29.3 Å². The van der Waals surface area contributed by atoms with E-state index in [0.29, 0.717) is 30.8 Å². The van der Waals surface area contributed by atoms with Crippen LogP contribution in [0.3, 0.4) is 0 Å². The Morgan fingerprint density at radius 3 is 2.74 bits per heavy atom. The van der Waals surface area contributed by atoms with Gasteiger partial charge in [-0.3, -0.25) is 19.4 Å². The summed E-state index contributed by atoms with van der Waals surface area (Å²) in [5, 5.41) is 6.12. The van der Waals surface area contributed by atoms with E-state index < -0.39 is 6.04 Å². The molecule has 1 aliphatic carbocycles. The van der Waals surface area contributed by atoms with E-state index in [1.165, 1.54) is 18.3 Å². The lowest BCUT2D eigenvalue weighted by Crippen LogP contribution is -2.48. The summed E-state index contributed by atoms with van der Waals surface area (Å²) < 4.78 is 0.915. The molecule has 0 bridgehead atoms. The molecule has 166 valence electrons. The van der Waals surface area contributed by atoms with Gasteiger partial charge < -0.3 is 22.1 Å². The summed E-state index contributed by atoms with van der Waals surface area (Å²) in [4.78, 5) is 46.1. The van der Waals surface area contributed by atoms with Crippen molar-refractivity contribution in [1.82, 2.24) is 15.6 Å². The quantitative estimate of drug-likeness (QED) is 0.198. The summed E-state index contributed by atoms with van der Waals surface area (Å²) in [5.74, 6) is -0.982. The largest absolute Gasteiger partial charge is 0.370 e. The molecule has 1 aliphatic rings. The zero-order valence-electron chi connectivity index (χ0n) is 17.5. The molecule has 31 heavy (non-hydrogen) atoms. The molecular weight excluding hydrogens is 416 g/mol. The van der Waals surface area contributed by atoms with Crippen LogP contribution in [0.5, 0.6) is 0 Å². The molecule has 2 amide bonds. The number of nitrogens with one attached hydrogen (secondary N) is 2. The van der Waals surface area contributed by atoms with Gasteiger partial charge in [0.15, 0.2) is 11.0 Å². The number of fused-ring (bicyclic) bond motifs is 1. The first-order valence-corrected chi connectivity index (χ1v) is 11.2. The van der Waals surface area contributed by atoms with Gasteiger partial charge in [0.25, 0.3) is 0 Å². The zero-order chi connectivity index (χ0) is 22.4. The predicted octanol–water partition coefficient (Wildman–Crippen LogP) is 1.32. The highest BCUT2D eigenvalue weighted by Crippen LogP contribution is 2.27. The van der Waals surface area contributed by atoms with Gasteiger partial charge in [-0.1, -0.05) is 18.6 Å². The highest BCUT2D eigenvalue weighted by Gasteiger charge is 2.35. The molecule has 1 fully saturated rings. The van der Waals surface area contributed by atoms with Crippen molar-refractivity contribution < 1.29 is 14.4 Å². The van der Waals surface area contributed by atoms with Gasteiger partial charge in [-0.05, 0) is 37.8 Å². The van der Waals surface area contributed by atoms with Crippen molar-refractivity contribution >= 4 is 45.1 Å². The van der Waals surface area contributed by atoms with Crippen LogP contribution in [0, 0.1) is 5.92 Å². The van der Waals surface area contributed by atoms with Crippen LogP contribution in [0.25, 0.3) is 10.2 Å². The summed E-state index contributed by atoms with van der Waals surface area (Å²) in [5.41, 5.74) is 11.5. The number of benzene rings is 1. The number of guanidine groups is 1. The Morgan fingerprint density at radius 2 is 2.03 bits per heavy atom. The number of carbonyl (C=O) groups excluding carboxylic acids is 3. The van der Waals surface area contributed by atoms with Crippen molar-refractivity contribution in [3.8, 4) is 0 Å². The number of Topliss-reactive ketones (excluding diaryl/α,β-unsaturated/α-hetero) is 1. The van der Waals surface area contributed by atoms with Crippen LogP contribution in [0.15, 0.2) is 29.3 Å². The van der Waals surface area contributed by atoms with Gasteiger partial charge in [0.1, 0.15) is 0 Å². The maximum Gasteiger partial charge on any atom is 0.225 e. The highest BCUT2D eigenvalue weighted by molar-refractivity contribution is 7.20. The molecule has 10 heteroatoms. The summed E-state index contributed by atoms with van der Waals surface area (Å²) >= 11 is 1.31. The predicted molar refractivity (Wildman–Crippen MR) is 121 cm³/mol. The second-order valence-corrected chi connectivity index (χ2v) is 8.74. The number of hydrogen-bond acceptors (Lipinski definition) is 6. The molecule has 1 saturated carbocycles. The van der Waals surface area contributed by atoms with Crippen LogP contribution in [-0.4, -0.2) is 47.2 Å². The van der Waals surface area contributed by atoms with Gasteiger partial charge in [-0.15, -0.1) is 11.3 Å². The SMILES string of the molecule is CC(=O)N[C@H]1CCC[C@H]1C(=O)N[C@@H](CCCN=C(N)N)C(=O)c1nc2ccccc2s1. The number of nitrogens with zero attached hydrogens (tertiary/aromatic N) is 2. The molecule has 0 aliphatic heterocycles. The number of para-hydroxylation sites is 1. The average molecular weight is 445 g/mol. The fourth-order valence-corrected chi connectivity index (χ4v) is 4.85. The molecule has 1 aromatic carbocycles. The Bertz CT molecular complexity index is 951. The van der Waals surface area contributed by atoms with E-state index in [4.69, 9.17) is 11.5 Å². The first kappa shape index (κ1) is 22.7. The van der Waals surface area contributed by atoms with Gasteiger partial charge in [0, 0.05) is 19.5 Å². The monoisotopic (exact) mass is 444 g/mol. The minimum Gasteiger partial charge on any atom is -0.370 e. The van der Waals surface area contributed by atoms with E-state index >= 15 is 0 Å². The molecule has 1 heterocycles. The zero-order valence-corrected chi connectivity index (χ0v) is 18.3. The Kier molecular flexibility index (Phi) is 7.56. The van der Waals surface area contributed by atoms with Gasteiger partial charge in [-0.25, -0.2) is 4.98 Å². The second-order valence-electron chi connectivity index (χ2n) is 7.71. The summed E-state index contributed by atoms with van der Waals surface area (Å²) in [6.07, 6.45) is 3.18. The molecule has 2 aromatic rings. The number of rotatable bonds is 9. The van der Waals surface area contributed by atoms with Crippen LogP contribution >= 0.6 is 11.3 Å². The van der Waals surface area contributed by atoms with Crippen LogP contribution in [0.4, 0.5) is 0 Å². The Hall–Kier alpha value is -3.01. The topological polar surface area (TPSA) is 153 Å². The van der Waals surface area contributed by atoms with Gasteiger partial charge in [0.2, 0.25) is 17.6 Å². The minimum absolute atomic E-state index is 0.0119. The molecule has 0 unspecified atom stereocenters. The first-order valence-electron chi connectivity index (χ1n) is 10.4. The summed E-state index contributed by atoms with van der Waals surface area (Å²) in [6.45, 7) is 1.80. The standard InChI is InChI=1S/C21H28N6O3S/c1-12(28)25-14-8-4-6-13(14)19(30)26-16(9-5-11-24-21(22)23)18(29)20-27-15-7-2-3-10-17(15)31-20/h2-3,7,10,13-14,16H,4-6,8-9,11H2,1H3,(H,25,28)(H,26,30)(H4,22,23,24)/t13-,14+,16+/m1/s1. The van der Waals surface area contributed by atoms with Gasteiger partial charge in [0.05, 0.1) is 22.2 Å². The maximum absolute atomic E-state index is 13.2. The lowest BCUT2D eigenvalue weighted by molar-refractivity contribution is -0.126. The molecule has 0 radical (unpaired) electrons. The number of amides is 2. The van der Waals surface area contributed by atoms with Crippen LogP contribution < -0.4 is 22.1 Å². The van der Waals surface area contributed by atoms with E-state index in [1.54, 1.807) is 0 Å². The number of aromatic nitrogens is 1. The Balaban J connectivity index is 1.75. The van der Waals surface area contributed by atoms with E-state index in [9.17, 15) is 14.4 Å². The number of carbonyl (C=O) groups is 3. The number of hydrogen-bond donors (Lipinski definition) is 4. The van der Waals surface area contributed by atoms with Crippen LogP contribution in [0.2, 0.25) is 0 Å². The van der Waals surface area contributed by atoms with Crippen LogP contribution in [0.1, 0.15) is 48.8 Å². The molecule has 3 atom stereocenters. The second kappa shape index (κ2) is 10.3. The van der Waals surface area contributed by atoms with Crippen molar-refractivity contribution in [2.24, 2.45) is 22.4 Å². The number of thiazole rings is 1. The fourth-order valence-electron chi connectivity index (χ4n) is 3.89. The Morgan fingerprint density at radius 1 is 1.26 bits per heavy atom. The molecular formula is C21H28N6O3S. The Labute approximate surface area is 184 Å². The van der Waals surface area contributed by atoms with E-state index in [-0.39, 0.29) is 35.5 Å². The number of aliphatic imine (C=N–C) groups is 1. The van der Waals surface area contributed by atoms with Gasteiger partial charge >= 0.3 is 0 Å². The maximum atomic E-state index is 13.2.